The van der Waals surface area contributed by atoms with E-state index in [0.29, 0.717) is 19.3 Å². The van der Waals surface area contributed by atoms with E-state index in [0.717, 1.165) is 26.2 Å². The fraction of sp³-hybridized carbons (Fsp3) is 0.867. The molecule has 0 aromatic carbocycles. The first-order valence-electron chi connectivity index (χ1n) is 8.00. The van der Waals surface area contributed by atoms with Crippen LogP contribution in [0, 0.1) is 0 Å². The fourth-order valence-corrected chi connectivity index (χ4v) is 2.71. The molecule has 0 aromatic rings. The van der Waals surface area contributed by atoms with Crippen molar-refractivity contribution < 1.29 is 50.5 Å². The van der Waals surface area contributed by atoms with Crippen LogP contribution in [-0.4, -0.2) is 46.7 Å². The Morgan fingerprint density at radius 2 is 1.50 bits per heavy atom. The molecule has 1 rings (SSSR count). The van der Waals surface area contributed by atoms with Gasteiger partial charge < -0.3 is 14.6 Å². The van der Waals surface area contributed by atoms with E-state index in [1.807, 2.05) is 0 Å². The first kappa shape index (κ1) is 22.5. The number of aliphatic hydroxyl groups is 1. The second-order valence-corrected chi connectivity index (χ2v) is 6.27. The molecule has 0 amide bonds. The molecule has 11 heteroatoms. The third-order valence-corrected chi connectivity index (χ3v) is 4.46. The van der Waals surface area contributed by atoms with Gasteiger partial charge in [0.05, 0.1) is 0 Å². The maximum absolute atomic E-state index is 12.6. The minimum atomic E-state index is -6.38. The Morgan fingerprint density at radius 1 is 1.04 bits per heavy atom. The Hall–Kier alpha value is -1.52. The van der Waals surface area contributed by atoms with Gasteiger partial charge in [0.15, 0.2) is 6.10 Å². The van der Waals surface area contributed by atoms with Crippen LogP contribution in [0.4, 0.5) is 26.3 Å². The number of carbonyl (C=O) groups excluding carboxylic acids is 2. The highest BCUT2D eigenvalue weighted by atomic mass is 19.4. The molecule has 1 N–H and O–H groups in total. The largest absolute Gasteiger partial charge is 0.456 e. The van der Waals surface area contributed by atoms with Crippen molar-refractivity contribution in [2.75, 3.05) is 0 Å². The van der Waals surface area contributed by atoms with E-state index in [1.54, 1.807) is 6.92 Å². The van der Waals surface area contributed by atoms with Gasteiger partial charge in [0.1, 0.15) is 5.60 Å². The molecule has 26 heavy (non-hydrogen) atoms. The zero-order valence-electron chi connectivity index (χ0n) is 14.2. The molecule has 5 nitrogen and oxygen atoms in total. The topological polar surface area (TPSA) is 72.8 Å². The van der Waals surface area contributed by atoms with E-state index in [-0.39, 0.29) is 0 Å². The van der Waals surface area contributed by atoms with Crippen molar-refractivity contribution in [1.29, 1.82) is 0 Å². The second-order valence-electron chi connectivity index (χ2n) is 6.27. The van der Waals surface area contributed by atoms with Crippen molar-refractivity contribution in [3.05, 3.63) is 0 Å². The van der Waals surface area contributed by atoms with Crippen molar-refractivity contribution in [2.45, 2.75) is 82.0 Å². The zero-order chi connectivity index (χ0) is 20.4. The molecule has 1 unspecified atom stereocenters. The van der Waals surface area contributed by atoms with E-state index in [9.17, 15) is 35.9 Å². The minimum Gasteiger partial charge on any atom is -0.456 e. The summed E-state index contributed by atoms with van der Waals surface area (Å²) in [5.41, 5.74) is -6.62. The number of hydrogen-bond acceptors (Lipinski definition) is 5. The molecule has 1 atom stereocenters. The lowest BCUT2D eigenvalue weighted by molar-refractivity contribution is -0.357. The maximum Gasteiger partial charge on any atom is 0.437 e. The molecule has 0 spiro atoms. The molecule has 0 saturated heterocycles. The third kappa shape index (κ3) is 4.41. The highest BCUT2D eigenvalue weighted by Gasteiger charge is 2.77. The van der Waals surface area contributed by atoms with Gasteiger partial charge in [-0.15, -0.1) is 0 Å². The van der Waals surface area contributed by atoms with Crippen LogP contribution in [0.5, 0.6) is 0 Å². The van der Waals surface area contributed by atoms with Gasteiger partial charge in [0.2, 0.25) is 0 Å². The van der Waals surface area contributed by atoms with Crippen LogP contribution in [-0.2, 0) is 19.1 Å². The highest BCUT2D eigenvalue weighted by Crippen LogP contribution is 2.44. The first-order chi connectivity index (χ1) is 11.7. The smallest absolute Gasteiger partial charge is 0.437 e. The minimum absolute atomic E-state index is 0.397. The van der Waals surface area contributed by atoms with E-state index in [1.165, 1.54) is 0 Å². The number of esters is 2. The predicted molar refractivity (Wildman–Crippen MR) is 74.8 cm³/mol. The highest BCUT2D eigenvalue weighted by molar-refractivity contribution is 5.85. The molecular formula is C15H20F6O5. The lowest BCUT2D eigenvalue weighted by Crippen LogP contribution is -2.63. The lowest BCUT2D eigenvalue weighted by atomic mass is 9.83. The molecular weight excluding hydrogens is 374 g/mol. The molecule has 0 aromatic heterocycles. The molecule has 0 heterocycles. The summed E-state index contributed by atoms with van der Waals surface area (Å²) < 4.78 is 84.8. The monoisotopic (exact) mass is 394 g/mol. The number of rotatable bonds is 5. The van der Waals surface area contributed by atoms with E-state index in [4.69, 9.17) is 9.84 Å². The van der Waals surface area contributed by atoms with Gasteiger partial charge in [0.25, 0.3) is 0 Å². The molecule has 0 radical (unpaired) electrons. The van der Waals surface area contributed by atoms with Crippen LogP contribution in [0.15, 0.2) is 0 Å². The Kier molecular flexibility index (Phi) is 6.59. The zero-order valence-corrected chi connectivity index (χ0v) is 14.2. The molecule has 1 saturated carbocycles. The quantitative estimate of drug-likeness (QED) is 0.571. The Morgan fingerprint density at radius 3 is 1.88 bits per heavy atom. The summed E-state index contributed by atoms with van der Waals surface area (Å²) in [6, 6.07) is 0. The van der Waals surface area contributed by atoms with Crippen LogP contribution in [0.25, 0.3) is 0 Å². The molecule has 1 aliphatic rings. The summed E-state index contributed by atoms with van der Waals surface area (Å²) in [6.07, 6.45) is -11.0. The SMILES string of the molecule is CCC1(OC(=O)C(C)OC(=O)C(O)(C(F)(F)F)C(F)(F)F)CCCCC1. The van der Waals surface area contributed by atoms with E-state index < -0.39 is 41.6 Å². The van der Waals surface area contributed by atoms with Gasteiger partial charge >= 0.3 is 29.9 Å². The van der Waals surface area contributed by atoms with Crippen LogP contribution in [0.1, 0.15) is 52.4 Å². The van der Waals surface area contributed by atoms with Crippen LogP contribution in [0.2, 0.25) is 0 Å². The Bertz CT molecular complexity index is 508. The van der Waals surface area contributed by atoms with Gasteiger partial charge in [-0.25, -0.2) is 9.59 Å². The van der Waals surface area contributed by atoms with Crippen molar-refractivity contribution in [2.24, 2.45) is 0 Å². The summed E-state index contributed by atoms with van der Waals surface area (Å²) in [4.78, 5) is 23.4. The van der Waals surface area contributed by atoms with Gasteiger partial charge in [-0.1, -0.05) is 13.3 Å². The second kappa shape index (κ2) is 7.61. The third-order valence-electron chi connectivity index (χ3n) is 4.46. The van der Waals surface area contributed by atoms with Gasteiger partial charge in [-0.3, -0.25) is 0 Å². The summed E-state index contributed by atoms with van der Waals surface area (Å²) in [7, 11) is 0. The average molecular weight is 394 g/mol. The molecule has 0 bridgehead atoms. The van der Waals surface area contributed by atoms with Crippen LogP contribution in [0.3, 0.4) is 0 Å². The van der Waals surface area contributed by atoms with Crippen molar-refractivity contribution >= 4 is 11.9 Å². The standard InChI is InChI=1S/C15H20F6O5/c1-3-12(7-5-4-6-8-12)26-10(22)9(2)25-11(23)13(24,14(16,17)18)15(19,20)21/h9,24H,3-8H2,1-2H3. The summed E-state index contributed by atoms with van der Waals surface area (Å²) in [5, 5.41) is 8.93. The van der Waals surface area contributed by atoms with Gasteiger partial charge in [-0.05, 0) is 39.0 Å². The number of carbonyl (C=O) groups is 2. The number of ether oxygens (including phenoxy) is 2. The molecule has 1 fully saturated rings. The normalized spacial score (nSPS) is 19.6. The van der Waals surface area contributed by atoms with Crippen LogP contribution < -0.4 is 0 Å². The van der Waals surface area contributed by atoms with Crippen LogP contribution >= 0.6 is 0 Å². The first-order valence-corrected chi connectivity index (χ1v) is 8.00. The Labute approximate surface area is 145 Å². The fourth-order valence-electron chi connectivity index (χ4n) is 2.71. The van der Waals surface area contributed by atoms with Gasteiger partial charge in [0, 0.05) is 0 Å². The van der Waals surface area contributed by atoms with E-state index >= 15 is 0 Å². The van der Waals surface area contributed by atoms with Crippen molar-refractivity contribution in [3.63, 3.8) is 0 Å². The molecule has 1 aliphatic carbocycles. The van der Waals surface area contributed by atoms with E-state index in [2.05, 4.69) is 4.74 Å². The van der Waals surface area contributed by atoms with Crippen molar-refractivity contribution in [3.8, 4) is 0 Å². The Balaban J connectivity index is 2.89. The predicted octanol–water partition coefficient (Wildman–Crippen LogP) is 3.43. The number of halogens is 6. The molecule has 0 aliphatic heterocycles. The lowest BCUT2D eigenvalue weighted by Gasteiger charge is -2.37. The average Bonchev–Trinajstić information content (AvgIpc) is 2.52. The summed E-state index contributed by atoms with van der Waals surface area (Å²) in [5.74, 6) is -4.30. The number of hydrogen-bond donors (Lipinski definition) is 1. The van der Waals surface area contributed by atoms with Crippen molar-refractivity contribution in [1.82, 2.24) is 0 Å². The molecule has 152 valence electrons. The van der Waals surface area contributed by atoms with Gasteiger partial charge in [-0.2, -0.15) is 26.3 Å². The summed E-state index contributed by atoms with van der Waals surface area (Å²) >= 11 is 0. The number of alkyl halides is 6. The maximum atomic E-state index is 12.6. The summed E-state index contributed by atoms with van der Waals surface area (Å²) in [6.45, 7) is 2.50.